The summed E-state index contributed by atoms with van der Waals surface area (Å²) < 4.78 is 5.36. The first-order chi connectivity index (χ1) is 6.38. The molecule has 0 bridgehead atoms. The second kappa shape index (κ2) is 5.14. The molecule has 0 N–H and O–H groups in total. The van der Waals surface area contributed by atoms with E-state index in [1.54, 1.807) is 12.3 Å². The summed E-state index contributed by atoms with van der Waals surface area (Å²) in [6.45, 7) is 7.74. The van der Waals surface area contributed by atoms with Crippen molar-refractivity contribution in [1.29, 1.82) is 0 Å². The van der Waals surface area contributed by atoms with Gasteiger partial charge in [-0.3, -0.25) is 0 Å². The minimum Gasteiger partial charge on any atom is -0.473 e. The molecule has 0 saturated heterocycles. The molecule has 0 unspecified atom stereocenters. The molecule has 0 spiro atoms. The molecular formula is C11H13NO. The Balaban J connectivity index is 2.77. The molecule has 0 amide bonds. The van der Waals surface area contributed by atoms with Crippen LogP contribution in [-0.2, 0) is 6.42 Å². The predicted molar refractivity (Wildman–Crippen MR) is 53.8 cm³/mol. The molecule has 1 heterocycles. The average molecular weight is 175 g/mol. The Hall–Kier alpha value is -1.57. The summed E-state index contributed by atoms with van der Waals surface area (Å²) in [5.41, 5.74) is 1.05. The van der Waals surface area contributed by atoms with Crippen molar-refractivity contribution < 1.29 is 4.74 Å². The summed E-state index contributed by atoms with van der Waals surface area (Å²) >= 11 is 0. The van der Waals surface area contributed by atoms with Gasteiger partial charge < -0.3 is 4.74 Å². The zero-order valence-corrected chi connectivity index (χ0v) is 7.57. The number of hydrogen-bond acceptors (Lipinski definition) is 2. The molecule has 13 heavy (non-hydrogen) atoms. The Morgan fingerprint density at radius 3 is 2.92 bits per heavy atom. The van der Waals surface area contributed by atoms with E-state index in [1.807, 2.05) is 18.2 Å². The van der Waals surface area contributed by atoms with Crippen LogP contribution in [0, 0.1) is 0 Å². The van der Waals surface area contributed by atoms with E-state index >= 15 is 0 Å². The van der Waals surface area contributed by atoms with Crippen molar-refractivity contribution in [3.8, 4) is 5.88 Å². The third-order valence-electron chi connectivity index (χ3n) is 1.55. The quantitative estimate of drug-likeness (QED) is 0.641. The number of ether oxygens (including phenoxy) is 1. The minimum absolute atomic E-state index is 0.487. The molecule has 0 saturated carbocycles. The number of hydrogen-bond donors (Lipinski definition) is 0. The molecule has 0 aliphatic rings. The SMILES string of the molecule is C=CCOc1ncccc1CC=C. The van der Waals surface area contributed by atoms with Gasteiger partial charge in [0.25, 0.3) is 0 Å². The van der Waals surface area contributed by atoms with Gasteiger partial charge in [-0.05, 0) is 12.5 Å². The van der Waals surface area contributed by atoms with E-state index in [0.29, 0.717) is 12.5 Å². The second-order valence-corrected chi connectivity index (χ2v) is 2.56. The van der Waals surface area contributed by atoms with Gasteiger partial charge in [0.2, 0.25) is 5.88 Å². The molecule has 2 nitrogen and oxygen atoms in total. The van der Waals surface area contributed by atoms with E-state index in [0.717, 1.165) is 12.0 Å². The monoisotopic (exact) mass is 175 g/mol. The van der Waals surface area contributed by atoms with Crippen molar-refractivity contribution in [3.05, 3.63) is 49.2 Å². The van der Waals surface area contributed by atoms with Gasteiger partial charge in [0.05, 0.1) is 0 Å². The standard InChI is InChI=1S/C11H13NO/c1-3-6-10-7-5-8-12-11(10)13-9-4-2/h3-5,7-8H,1-2,6,9H2. The summed E-state index contributed by atoms with van der Waals surface area (Å²) in [4.78, 5) is 4.12. The summed E-state index contributed by atoms with van der Waals surface area (Å²) in [7, 11) is 0. The van der Waals surface area contributed by atoms with Crippen LogP contribution in [0.4, 0.5) is 0 Å². The van der Waals surface area contributed by atoms with Gasteiger partial charge >= 0.3 is 0 Å². The van der Waals surface area contributed by atoms with Crippen molar-refractivity contribution in [1.82, 2.24) is 4.98 Å². The van der Waals surface area contributed by atoms with Gasteiger partial charge in [0.15, 0.2) is 0 Å². The highest BCUT2D eigenvalue weighted by Gasteiger charge is 2.00. The first-order valence-electron chi connectivity index (χ1n) is 4.17. The molecule has 0 fully saturated rings. The van der Waals surface area contributed by atoms with Crippen molar-refractivity contribution >= 4 is 0 Å². The van der Waals surface area contributed by atoms with Gasteiger partial charge in [-0.2, -0.15) is 0 Å². The fourth-order valence-corrected chi connectivity index (χ4v) is 1.00. The Bertz CT molecular complexity index is 294. The first-order valence-corrected chi connectivity index (χ1v) is 4.17. The number of rotatable bonds is 5. The van der Waals surface area contributed by atoms with E-state index < -0.39 is 0 Å². The molecule has 1 aromatic heterocycles. The lowest BCUT2D eigenvalue weighted by atomic mass is 10.2. The van der Waals surface area contributed by atoms with Gasteiger partial charge in [-0.1, -0.05) is 24.8 Å². The highest BCUT2D eigenvalue weighted by Crippen LogP contribution is 2.14. The smallest absolute Gasteiger partial charge is 0.217 e. The maximum atomic E-state index is 5.36. The van der Waals surface area contributed by atoms with Gasteiger partial charge in [0.1, 0.15) is 6.61 Å². The lowest BCUT2D eigenvalue weighted by Crippen LogP contribution is -1.98. The highest BCUT2D eigenvalue weighted by molar-refractivity contribution is 5.27. The van der Waals surface area contributed by atoms with Crippen LogP contribution in [0.1, 0.15) is 5.56 Å². The number of pyridine rings is 1. The molecule has 1 rings (SSSR count). The maximum absolute atomic E-state index is 5.36. The zero-order valence-electron chi connectivity index (χ0n) is 7.57. The van der Waals surface area contributed by atoms with Crippen LogP contribution < -0.4 is 4.74 Å². The molecule has 0 aromatic carbocycles. The Morgan fingerprint density at radius 2 is 2.23 bits per heavy atom. The van der Waals surface area contributed by atoms with Crippen LogP contribution >= 0.6 is 0 Å². The number of aromatic nitrogens is 1. The summed E-state index contributed by atoms with van der Waals surface area (Å²) in [6, 6.07) is 3.87. The maximum Gasteiger partial charge on any atom is 0.217 e. The third kappa shape index (κ3) is 2.75. The molecule has 0 atom stereocenters. The summed E-state index contributed by atoms with van der Waals surface area (Å²) in [6.07, 6.45) is 6.02. The number of allylic oxidation sites excluding steroid dienone is 1. The fourth-order valence-electron chi connectivity index (χ4n) is 1.00. The van der Waals surface area contributed by atoms with Crippen LogP contribution in [-0.4, -0.2) is 11.6 Å². The largest absolute Gasteiger partial charge is 0.473 e. The summed E-state index contributed by atoms with van der Waals surface area (Å²) in [5.74, 6) is 0.669. The van der Waals surface area contributed by atoms with Crippen molar-refractivity contribution in [2.45, 2.75) is 6.42 Å². The normalized spacial score (nSPS) is 9.23. The van der Waals surface area contributed by atoms with Crippen molar-refractivity contribution in [3.63, 3.8) is 0 Å². The average Bonchev–Trinajstić information content (AvgIpc) is 2.17. The lowest BCUT2D eigenvalue weighted by molar-refractivity contribution is 0.345. The van der Waals surface area contributed by atoms with E-state index in [4.69, 9.17) is 4.74 Å². The molecular weight excluding hydrogens is 162 g/mol. The van der Waals surface area contributed by atoms with Gasteiger partial charge in [-0.15, -0.1) is 6.58 Å². The number of nitrogens with zero attached hydrogens (tertiary/aromatic N) is 1. The fraction of sp³-hybridized carbons (Fsp3) is 0.182. The molecule has 0 aliphatic carbocycles. The lowest BCUT2D eigenvalue weighted by Gasteiger charge is -2.05. The highest BCUT2D eigenvalue weighted by atomic mass is 16.5. The Morgan fingerprint density at radius 1 is 1.38 bits per heavy atom. The predicted octanol–water partition coefficient (Wildman–Crippen LogP) is 2.37. The third-order valence-corrected chi connectivity index (χ3v) is 1.55. The molecule has 2 heteroatoms. The van der Waals surface area contributed by atoms with Crippen molar-refractivity contribution in [2.75, 3.05) is 6.61 Å². The first kappa shape index (κ1) is 9.52. The summed E-state index contributed by atoms with van der Waals surface area (Å²) in [5, 5.41) is 0. The van der Waals surface area contributed by atoms with Crippen LogP contribution in [0.3, 0.4) is 0 Å². The van der Waals surface area contributed by atoms with E-state index in [-0.39, 0.29) is 0 Å². The minimum atomic E-state index is 0.487. The second-order valence-electron chi connectivity index (χ2n) is 2.56. The Labute approximate surface area is 78.6 Å². The molecule has 0 radical (unpaired) electrons. The van der Waals surface area contributed by atoms with Crippen LogP contribution in [0.5, 0.6) is 5.88 Å². The van der Waals surface area contributed by atoms with E-state index in [2.05, 4.69) is 18.1 Å². The van der Waals surface area contributed by atoms with E-state index in [1.165, 1.54) is 0 Å². The van der Waals surface area contributed by atoms with Gasteiger partial charge in [-0.25, -0.2) is 4.98 Å². The molecule has 1 aromatic rings. The zero-order chi connectivity index (χ0) is 9.52. The van der Waals surface area contributed by atoms with Crippen LogP contribution in [0.15, 0.2) is 43.6 Å². The van der Waals surface area contributed by atoms with Crippen LogP contribution in [0.25, 0.3) is 0 Å². The van der Waals surface area contributed by atoms with E-state index in [9.17, 15) is 0 Å². The van der Waals surface area contributed by atoms with Crippen molar-refractivity contribution in [2.24, 2.45) is 0 Å². The molecule has 0 aliphatic heterocycles. The van der Waals surface area contributed by atoms with Crippen LogP contribution in [0.2, 0.25) is 0 Å². The molecule has 68 valence electrons. The van der Waals surface area contributed by atoms with Gasteiger partial charge in [0, 0.05) is 11.8 Å². The Kier molecular flexibility index (Phi) is 3.76. The topological polar surface area (TPSA) is 22.1 Å².